The van der Waals surface area contributed by atoms with Gasteiger partial charge in [0.2, 0.25) is 11.8 Å². The third-order valence-electron chi connectivity index (χ3n) is 8.05. The van der Waals surface area contributed by atoms with Crippen molar-refractivity contribution in [2.45, 2.75) is 65.2 Å². The third kappa shape index (κ3) is 4.46. The predicted octanol–water partition coefficient (Wildman–Crippen LogP) is 6.25. The molecule has 0 heterocycles. The van der Waals surface area contributed by atoms with Crippen LogP contribution in [0.5, 0.6) is 0 Å². The Balaban J connectivity index is 1.27. The van der Waals surface area contributed by atoms with Gasteiger partial charge in [0.05, 0.1) is 0 Å². The average Bonchev–Trinajstić information content (AvgIpc) is 2.69. The molecule has 32 heavy (non-hydrogen) atoms. The van der Waals surface area contributed by atoms with Crippen LogP contribution in [0.4, 0.5) is 11.4 Å². The van der Waals surface area contributed by atoms with E-state index in [1.807, 2.05) is 48.5 Å². The molecule has 4 fully saturated rings. The van der Waals surface area contributed by atoms with Crippen molar-refractivity contribution in [3.8, 4) is 0 Å². The number of hydrogen-bond donors (Lipinski definition) is 2. The number of amides is 2. The highest BCUT2D eigenvalue weighted by atomic mass is 16.2. The number of carbonyl (C=O) groups excluding carboxylic acids is 2. The maximum Gasteiger partial charge on any atom is 0.224 e. The molecule has 0 atom stereocenters. The Morgan fingerprint density at radius 3 is 1.47 bits per heavy atom. The van der Waals surface area contributed by atoms with E-state index < -0.39 is 0 Å². The van der Waals surface area contributed by atoms with Crippen LogP contribution in [0.1, 0.15) is 62.5 Å². The van der Waals surface area contributed by atoms with E-state index in [0.717, 1.165) is 43.5 Å². The Labute approximate surface area is 191 Å². The van der Waals surface area contributed by atoms with E-state index in [4.69, 9.17) is 0 Å². The number of nitrogens with one attached hydrogen (secondary N) is 2. The fraction of sp³-hybridized carbons (Fsp3) is 0.500. The van der Waals surface area contributed by atoms with Crippen molar-refractivity contribution in [3.63, 3.8) is 0 Å². The molecule has 4 aliphatic carbocycles. The number of carbonyl (C=O) groups is 2. The summed E-state index contributed by atoms with van der Waals surface area (Å²) in [5.41, 5.74) is 4.24. The summed E-state index contributed by atoms with van der Waals surface area (Å²) >= 11 is 0. The van der Waals surface area contributed by atoms with Gasteiger partial charge >= 0.3 is 0 Å². The van der Waals surface area contributed by atoms with E-state index >= 15 is 0 Å². The Kier molecular flexibility index (Phi) is 5.35. The van der Waals surface area contributed by atoms with Crippen LogP contribution >= 0.6 is 0 Å². The minimum Gasteiger partial charge on any atom is -0.326 e. The van der Waals surface area contributed by atoms with E-state index in [0.29, 0.717) is 24.7 Å². The fourth-order valence-electron chi connectivity index (χ4n) is 7.43. The third-order valence-corrected chi connectivity index (χ3v) is 8.05. The maximum absolute atomic E-state index is 13.0. The highest BCUT2D eigenvalue weighted by Gasteiger charge is 2.58. The molecule has 168 valence electrons. The lowest BCUT2D eigenvalue weighted by Crippen LogP contribution is -2.53. The molecule has 0 aliphatic heterocycles. The molecule has 4 saturated carbocycles. The van der Waals surface area contributed by atoms with Crippen molar-refractivity contribution >= 4 is 23.2 Å². The lowest BCUT2D eigenvalue weighted by atomic mass is 9.43. The Morgan fingerprint density at radius 2 is 1.09 bits per heavy atom. The second-order valence-electron chi connectivity index (χ2n) is 11.1. The van der Waals surface area contributed by atoms with Crippen LogP contribution in [-0.4, -0.2) is 11.8 Å². The van der Waals surface area contributed by atoms with Gasteiger partial charge in [-0.1, -0.05) is 35.4 Å². The van der Waals surface area contributed by atoms with Crippen molar-refractivity contribution < 1.29 is 9.59 Å². The summed E-state index contributed by atoms with van der Waals surface area (Å²) in [5.74, 6) is 1.57. The quantitative estimate of drug-likeness (QED) is 0.569. The Hall–Kier alpha value is -2.62. The second-order valence-corrected chi connectivity index (χ2v) is 11.1. The zero-order valence-corrected chi connectivity index (χ0v) is 19.2. The smallest absolute Gasteiger partial charge is 0.224 e. The van der Waals surface area contributed by atoms with Crippen LogP contribution in [0.15, 0.2) is 48.5 Å². The van der Waals surface area contributed by atoms with E-state index in [2.05, 4.69) is 24.5 Å². The number of anilines is 2. The molecule has 2 aromatic carbocycles. The molecule has 4 aliphatic rings. The van der Waals surface area contributed by atoms with Gasteiger partial charge in [-0.15, -0.1) is 0 Å². The first kappa shape index (κ1) is 21.2. The lowest BCUT2D eigenvalue weighted by Gasteiger charge is -2.62. The van der Waals surface area contributed by atoms with E-state index in [1.165, 1.54) is 17.5 Å². The Bertz CT molecular complexity index is 915. The average molecular weight is 431 g/mol. The molecule has 0 unspecified atom stereocenters. The van der Waals surface area contributed by atoms with Gasteiger partial charge in [-0.3, -0.25) is 9.59 Å². The number of hydrogen-bond acceptors (Lipinski definition) is 2. The lowest BCUT2D eigenvalue weighted by molar-refractivity contribution is -0.142. The predicted molar refractivity (Wildman–Crippen MR) is 128 cm³/mol. The van der Waals surface area contributed by atoms with Gasteiger partial charge in [-0.25, -0.2) is 0 Å². The fourth-order valence-corrected chi connectivity index (χ4v) is 7.43. The normalized spacial score (nSPS) is 30.2. The molecule has 2 aromatic rings. The van der Waals surface area contributed by atoms with E-state index in [9.17, 15) is 9.59 Å². The molecular weight excluding hydrogens is 396 g/mol. The van der Waals surface area contributed by atoms with Crippen molar-refractivity contribution in [2.24, 2.45) is 22.7 Å². The highest BCUT2D eigenvalue weighted by Crippen LogP contribution is 2.67. The first-order valence-corrected chi connectivity index (χ1v) is 12.0. The van der Waals surface area contributed by atoms with Crippen LogP contribution in [0.25, 0.3) is 0 Å². The number of aryl methyl sites for hydroxylation is 2. The van der Waals surface area contributed by atoms with Crippen LogP contribution in [0.2, 0.25) is 0 Å². The molecule has 2 N–H and O–H groups in total. The minimum atomic E-state index is 0.0585. The second kappa shape index (κ2) is 8.06. The molecule has 0 saturated heterocycles. The monoisotopic (exact) mass is 430 g/mol. The zero-order valence-electron chi connectivity index (χ0n) is 19.2. The molecule has 4 bridgehead atoms. The van der Waals surface area contributed by atoms with Crippen LogP contribution in [0.3, 0.4) is 0 Å². The van der Waals surface area contributed by atoms with Crippen LogP contribution in [0, 0.1) is 36.5 Å². The van der Waals surface area contributed by atoms with Crippen molar-refractivity contribution in [3.05, 3.63) is 59.7 Å². The summed E-state index contributed by atoms with van der Waals surface area (Å²) in [7, 11) is 0. The summed E-state index contributed by atoms with van der Waals surface area (Å²) in [6.45, 7) is 4.10. The number of rotatable bonds is 6. The molecule has 0 aromatic heterocycles. The molecule has 0 spiro atoms. The topological polar surface area (TPSA) is 58.2 Å². The Morgan fingerprint density at radius 1 is 0.719 bits per heavy atom. The van der Waals surface area contributed by atoms with Crippen LogP contribution in [-0.2, 0) is 9.59 Å². The SMILES string of the molecule is Cc1ccc(NC(=O)CC23CC4CC(C2)CC(CC(=O)Nc2ccc(C)cc2)(C4)C3)cc1. The van der Waals surface area contributed by atoms with Gasteiger partial charge in [0.1, 0.15) is 0 Å². The van der Waals surface area contributed by atoms with E-state index in [-0.39, 0.29) is 22.6 Å². The minimum absolute atomic E-state index is 0.0585. The zero-order chi connectivity index (χ0) is 22.3. The molecular formula is C28H34N2O2. The van der Waals surface area contributed by atoms with Gasteiger partial charge in [0.25, 0.3) is 0 Å². The summed E-state index contributed by atoms with van der Waals surface area (Å²) < 4.78 is 0. The maximum atomic E-state index is 13.0. The molecule has 4 heteroatoms. The van der Waals surface area contributed by atoms with Gasteiger partial charge in [-0.2, -0.15) is 0 Å². The van der Waals surface area contributed by atoms with Crippen LogP contribution < -0.4 is 10.6 Å². The highest BCUT2D eigenvalue weighted by molar-refractivity contribution is 5.92. The molecule has 6 rings (SSSR count). The standard InChI is InChI=1S/C28H34N2O2/c1-19-3-7-23(8-4-19)29-25(31)16-27-12-21-11-22(13-27)15-28(14-21,18-27)17-26(32)30-24-9-5-20(2)6-10-24/h3-10,21-22H,11-18H2,1-2H3,(H,29,31)(H,30,32). The van der Waals surface area contributed by atoms with Gasteiger partial charge < -0.3 is 10.6 Å². The summed E-state index contributed by atoms with van der Waals surface area (Å²) in [6, 6.07) is 16.0. The van der Waals surface area contributed by atoms with Gasteiger partial charge in [0, 0.05) is 24.2 Å². The van der Waals surface area contributed by atoms with Crippen molar-refractivity contribution in [2.75, 3.05) is 10.6 Å². The molecule has 0 radical (unpaired) electrons. The summed E-state index contributed by atoms with van der Waals surface area (Å²) in [6.07, 6.45) is 8.03. The van der Waals surface area contributed by atoms with Gasteiger partial charge in [-0.05, 0) is 99.3 Å². The van der Waals surface area contributed by atoms with Gasteiger partial charge in [0.15, 0.2) is 0 Å². The summed E-state index contributed by atoms with van der Waals surface area (Å²) in [5, 5.41) is 6.23. The largest absolute Gasteiger partial charge is 0.326 e. The summed E-state index contributed by atoms with van der Waals surface area (Å²) in [4.78, 5) is 26.0. The number of benzene rings is 2. The van der Waals surface area contributed by atoms with Crippen molar-refractivity contribution in [1.82, 2.24) is 0 Å². The first-order valence-electron chi connectivity index (χ1n) is 12.0. The van der Waals surface area contributed by atoms with E-state index in [1.54, 1.807) is 0 Å². The molecule has 2 amide bonds. The van der Waals surface area contributed by atoms with Crippen molar-refractivity contribution in [1.29, 1.82) is 0 Å². The molecule has 4 nitrogen and oxygen atoms in total. The first-order chi connectivity index (χ1) is 15.3.